The molecule has 9 nitrogen and oxygen atoms in total. The SMILES string of the molecule is CCN(CC)CCOCCOc1ccn2c(-c3cc(OC)c(C(=O)NC4CC4)c(OC(F)F)c3)cnc2c1. The molecule has 1 aliphatic rings. The minimum atomic E-state index is -3.11. The van der Waals surface area contributed by atoms with Gasteiger partial charge >= 0.3 is 6.61 Å². The summed E-state index contributed by atoms with van der Waals surface area (Å²) in [6, 6.07) is 6.63. The number of ether oxygens (including phenoxy) is 4. The number of benzene rings is 1. The predicted octanol–water partition coefficient (Wildman–Crippen LogP) is 4.24. The molecule has 1 N–H and O–H groups in total. The highest BCUT2D eigenvalue weighted by molar-refractivity contribution is 6.01. The fraction of sp³-hybridized carbons (Fsp3) is 0.481. The first-order valence-electron chi connectivity index (χ1n) is 12.8. The summed E-state index contributed by atoms with van der Waals surface area (Å²) in [5.74, 6) is -0.00694. The third-order valence-corrected chi connectivity index (χ3v) is 6.36. The van der Waals surface area contributed by atoms with Crippen LogP contribution in [0.15, 0.2) is 36.7 Å². The summed E-state index contributed by atoms with van der Waals surface area (Å²) in [5, 5.41) is 2.80. The van der Waals surface area contributed by atoms with Gasteiger partial charge in [-0.25, -0.2) is 4.98 Å². The van der Waals surface area contributed by atoms with E-state index >= 15 is 0 Å². The molecule has 3 aromatic rings. The van der Waals surface area contributed by atoms with Crippen molar-refractivity contribution in [2.45, 2.75) is 39.3 Å². The maximum absolute atomic E-state index is 13.2. The number of aromatic nitrogens is 2. The minimum absolute atomic E-state index is 0.0421. The molecule has 11 heteroatoms. The number of nitrogens with one attached hydrogen (secondary N) is 1. The molecule has 0 bridgehead atoms. The maximum Gasteiger partial charge on any atom is 0.387 e. The van der Waals surface area contributed by atoms with Gasteiger partial charge in [-0.15, -0.1) is 0 Å². The number of carbonyl (C=O) groups excluding carboxylic acids is 1. The number of nitrogens with zero attached hydrogens (tertiary/aromatic N) is 3. The van der Waals surface area contributed by atoms with Gasteiger partial charge in [0.25, 0.3) is 5.91 Å². The minimum Gasteiger partial charge on any atom is -0.496 e. The van der Waals surface area contributed by atoms with E-state index in [2.05, 4.69) is 29.0 Å². The molecular formula is C27H34F2N4O5. The van der Waals surface area contributed by atoms with Gasteiger partial charge < -0.3 is 29.2 Å². The van der Waals surface area contributed by atoms with E-state index in [4.69, 9.17) is 18.9 Å². The summed E-state index contributed by atoms with van der Waals surface area (Å²) in [7, 11) is 1.38. The van der Waals surface area contributed by atoms with Crippen LogP contribution in [-0.4, -0.2) is 79.4 Å². The second-order valence-corrected chi connectivity index (χ2v) is 8.90. The normalized spacial score (nSPS) is 13.3. The number of rotatable bonds is 15. The van der Waals surface area contributed by atoms with Crippen LogP contribution >= 0.6 is 0 Å². The van der Waals surface area contributed by atoms with Crippen LogP contribution < -0.4 is 19.5 Å². The number of hydrogen-bond donors (Lipinski definition) is 1. The van der Waals surface area contributed by atoms with Crippen molar-refractivity contribution < 1.29 is 32.5 Å². The highest BCUT2D eigenvalue weighted by atomic mass is 19.3. The van der Waals surface area contributed by atoms with Gasteiger partial charge in [-0.1, -0.05) is 13.8 Å². The summed E-state index contributed by atoms with van der Waals surface area (Å²) in [5.41, 5.74) is 1.65. The standard InChI is InChI=1S/C27H34F2N4O5/c1-4-32(5-2)10-11-36-12-13-37-20-8-9-33-21(17-30-24(33)16-20)18-14-22(35-3)25(23(15-18)38-27(28)29)26(34)31-19-6-7-19/h8-9,14-17,19,27H,4-7,10-13H2,1-3H3,(H,31,34). The number of alkyl halides is 2. The van der Waals surface area contributed by atoms with Crippen LogP contribution in [0.25, 0.3) is 16.9 Å². The summed E-state index contributed by atoms with van der Waals surface area (Å²) in [6.07, 6.45) is 5.10. The molecule has 1 aromatic carbocycles. The van der Waals surface area contributed by atoms with Crippen LogP contribution in [0.2, 0.25) is 0 Å². The van der Waals surface area contributed by atoms with Gasteiger partial charge in [0.2, 0.25) is 0 Å². The molecule has 1 fully saturated rings. The fourth-order valence-electron chi connectivity index (χ4n) is 4.12. The Morgan fingerprint density at radius 3 is 2.61 bits per heavy atom. The van der Waals surface area contributed by atoms with Gasteiger partial charge in [0, 0.05) is 30.4 Å². The van der Waals surface area contributed by atoms with E-state index in [1.54, 1.807) is 35.0 Å². The topological polar surface area (TPSA) is 86.6 Å². The Bertz CT molecular complexity index is 1230. The summed E-state index contributed by atoms with van der Waals surface area (Å²) in [6.45, 7) is 5.54. The van der Waals surface area contributed by atoms with Crippen molar-refractivity contribution in [3.05, 3.63) is 42.2 Å². The van der Waals surface area contributed by atoms with Gasteiger partial charge in [0.1, 0.15) is 35.1 Å². The molecule has 206 valence electrons. The van der Waals surface area contributed by atoms with Crippen LogP contribution in [0.5, 0.6) is 17.2 Å². The zero-order valence-corrected chi connectivity index (χ0v) is 21.9. The van der Waals surface area contributed by atoms with E-state index in [-0.39, 0.29) is 23.1 Å². The lowest BCUT2D eigenvalue weighted by molar-refractivity contribution is -0.0502. The zero-order chi connectivity index (χ0) is 27.1. The number of likely N-dealkylation sites (N-methyl/N-ethyl adjacent to an activating group) is 1. The molecule has 1 saturated carbocycles. The Balaban J connectivity index is 1.49. The van der Waals surface area contributed by atoms with Crippen molar-refractivity contribution >= 4 is 11.6 Å². The lowest BCUT2D eigenvalue weighted by atomic mass is 10.1. The van der Waals surface area contributed by atoms with Crippen molar-refractivity contribution in [1.82, 2.24) is 19.6 Å². The van der Waals surface area contributed by atoms with Gasteiger partial charge in [-0.05, 0) is 44.1 Å². The van der Waals surface area contributed by atoms with Crippen LogP contribution in [0.3, 0.4) is 0 Å². The first-order valence-corrected chi connectivity index (χ1v) is 12.8. The average molecular weight is 533 g/mol. The first kappa shape index (κ1) is 27.6. The lowest BCUT2D eigenvalue weighted by Crippen LogP contribution is -2.27. The van der Waals surface area contributed by atoms with E-state index in [0.717, 1.165) is 32.5 Å². The number of amides is 1. The molecule has 0 aliphatic heterocycles. The van der Waals surface area contributed by atoms with Crippen LogP contribution in [0.4, 0.5) is 8.78 Å². The third-order valence-electron chi connectivity index (χ3n) is 6.36. The lowest BCUT2D eigenvalue weighted by Gasteiger charge is -2.17. The van der Waals surface area contributed by atoms with Crippen molar-refractivity contribution in [2.24, 2.45) is 0 Å². The van der Waals surface area contributed by atoms with Gasteiger partial charge in [0.05, 0.1) is 32.2 Å². The summed E-state index contributed by atoms with van der Waals surface area (Å²) in [4.78, 5) is 19.5. The van der Waals surface area contributed by atoms with E-state index in [9.17, 15) is 13.6 Å². The van der Waals surface area contributed by atoms with Gasteiger partial charge in [-0.3, -0.25) is 9.20 Å². The van der Waals surface area contributed by atoms with Gasteiger partial charge in [-0.2, -0.15) is 8.78 Å². The van der Waals surface area contributed by atoms with Crippen molar-refractivity contribution in [3.63, 3.8) is 0 Å². The van der Waals surface area contributed by atoms with E-state index < -0.39 is 12.5 Å². The maximum atomic E-state index is 13.2. The number of hydrogen-bond acceptors (Lipinski definition) is 7. The number of methoxy groups -OCH3 is 1. The molecule has 0 radical (unpaired) electrons. The first-order chi connectivity index (χ1) is 18.4. The van der Waals surface area contributed by atoms with Crippen LogP contribution in [0.1, 0.15) is 37.0 Å². The molecular weight excluding hydrogens is 498 g/mol. The smallest absolute Gasteiger partial charge is 0.387 e. The zero-order valence-electron chi connectivity index (χ0n) is 21.9. The quantitative estimate of drug-likeness (QED) is 0.293. The number of fused-ring (bicyclic) bond motifs is 1. The molecule has 0 atom stereocenters. The number of carbonyl (C=O) groups is 1. The Kier molecular flexibility index (Phi) is 9.35. The number of pyridine rings is 1. The highest BCUT2D eigenvalue weighted by Crippen LogP contribution is 2.37. The molecule has 0 saturated heterocycles. The van der Waals surface area contributed by atoms with Crippen LogP contribution in [-0.2, 0) is 4.74 Å². The largest absolute Gasteiger partial charge is 0.496 e. The molecule has 38 heavy (non-hydrogen) atoms. The highest BCUT2D eigenvalue weighted by Gasteiger charge is 2.29. The molecule has 0 spiro atoms. The summed E-state index contributed by atoms with van der Waals surface area (Å²) >= 11 is 0. The van der Waals surface area contributed by atoms with E-state index in [1.807, 2.05) is 0 Å². The van der Waals surface area contributed by atoms with E-state index in [0.29, 0.717) is 42.5 Å². The van der Waals surface area contributed by atoms with Crippen molar-refractivity contribution in [2.75, 3.05) is 46.6 Å². The Morgan fingerprint density at radius 2 is 1.92 bits per heavy atom. The Morgan fingerprint density at radius 1 is 1.16 bits per heavy atom. The predicted molar refractivity (Wildman–Crippen MR) is 138 cm³/mol. The molecule has 2 heterocycles. The summed E-state index contributed by atoms with van der Waals surface area (Å²) < 4.78 is 49.9. The van der Waals surface area contributed by atoms with Crippen molar-refractivity contribution in [1.29, 1.82) is 0 Å². The Hall–Kier alpha value is -3.44. The van der Waals surface area contributed by atoms with E-state index in [1.165, 1.54) is 13.2 Å². The average Bonchev–Trinajstić information content (AvgIpc) is 3.62. The second kappa shape index (κ2) is 12.9. The molecule has 1 aliphatic carbocycles. The second-order valence-electron chi connectivity index (χ2n) is 8.90. The molecule has 4 rings (SSSR count). The molecule has 0 unspecified atom stereocenters. The Labute approximate surface area is 220 Å². The monoisotopic (exact) mass is 532 g/mol. The number of imidazole rings is 1. The van der Waals surface area contributed by atoms with Crippen LogP contribution in [0, 0.1) is 0 Å². The van der Waals surface area contributed by atoms with Gasteiger partial charge in [0.15, 0.2) is 0 Å². The molecule has 1 amide bonds. The molecule has 2 aromatic heterocycles. The number of halogens is 2. The van der Waals surface area contributed by atoms with Crippen molar-refractivity contribution in [3.8, 4) is 28.5 Å². The fourth-order valence-corrected chi connectivity index (χ4v) is 4.12. The third kappa shape index (κ3) is 6.90.